The maximum absolute atomic E-state index is 13.2. The van der Waals surface area contributed by atoms with Crippen molar-refractivity contribution < 1.29 is 13.9 Å². The highest BCUT2D eigenvalue weighted by Gasteiger charge is 2.07. The minimum atomic E-state index is -0.240. The van der Waals surface area contributed by atoms with Crippen LogP contribution in [-0.2, 0) is 11.3 Å². The number of carbonyl (C=O) groups excluding carboxylic acids is 1. The Morgan fingerprint density at radius 2 is 1.96 bits per heavy atom. The van der Waals surface area contributed by atoms with Gasteiger partial charge in [-0.15, -0.1) is 0 Å². The topological polar surface area (TPSA) is 41.6 Å². The number of aryl methyl sites for hydroxylation is 1. The molecule has 0 aliphatic rings. The highest BCUT2D eigenvalue weighted by Crippen LogP contribution is 2.15. The summed E-state index contributed by atoms with van der Waals surface area (Å²) in [5.74, 6) is 0.417. The number of halogens is 2. The van der Waals surface area contributed by atoms with Crippen molar-refractivity contribution >= 4 is 17.5 Å². The van der Waals surface area contributed by atoms with Gasteiger partial charge >= 0.3 is 0 Å². The van der Waals surface area contributed by atoms with Crippen LogP contribution in [0.1, 0.15) is 11.1 Å². The summed E-state index contributed by atoms with van der Waals surface area (Å²) in [5, 5.41) is 3.50. The first-order valence-electron chi connectivity index (χ1n) is 8.02. The van der Waals surface area contributed by atoms with Gasteiger partial charge in [-0.1, -0.05) is 23.7 Å². The van der Waals surface area contributed by atoms with Crippen LogP contribution < -0.4 is 10.1 Å². The van der Waals surface area contributed by atoms with Crippen molar-refractivity contribution in [3.8, 4) is 5.75 Å². The number of hydrogen-bond donors (Lipinski definition) is 1. The molecule has 0 bridgehead atoms. The average Bonchev–Trinajstić information content (AvgIpc) is 2.58. The maximum atomic E-state index is 13.2. The van der Waals surface area contributed by atoms with E-state index in [-0.39, 0.29) is 18.3 Å². The van der Waals surface area contributed by atoms with Crippen molar-refractivity contribution in [2.45, 2.75) is 13.5 Å². The zero-order valence-corrected chi connectivity index (χ0v) is 15.1. The Hall–Kier alpha value is -2.11. The van der Waals surface area contributed by atoms with Gasteiger partial charge in [0.2, 0.25) is 5.91 Å². The molecule has 0 unspecified atom stereocenters. The molecule has 0 saturated carbocycles. The van der Waals surface area contributed by atoms with E-state index in [1.807, 2.05) is 11.9 Å². The van der Waals surface area contributed by atoms with Crippen LogP contribution in [0.25, 0.3) is 0 Å². The monoisotopic (exact) mass is 364 g/mol. The number of rotatable bonds is 8. The van der Waals surface area contributed by atoms with E-state index in [9.17, 15) is 9.18 Å². The third-order valence-corrected chi connectivity index (χ3v) is 3.93. The van der Waals surface area contributed by atoms with E-state index in [2.05, 4.69) is 5.32 Å². The number of likely N-dealkylation sites (N-methyl/N-ethyl adjacent to an activating group) is 1. The van der Waals surface area contributed by atoms with Gasteiger partial charge in [0.25, 0.3) is 0 Å². The summed E-state index contributed by atoms with van der Waals surface area (Å²) in [5.41, 5.74) is 1.45. The van der Waals surface area contributed by atoms with E-state index in [1.54, 1.807) is 43.3 Å². The van der Waals surface area contributed by atoms with Crippen LogP contribution in [0.4, 0.5) is 4.39 Å². The molecule has 2 rings (SSSR count). The molecule has 2 aromatic rings. The number of ether oxygens (including phenoxy) is 1. The minimum absolute atomic E-state index is 0.0871. The molecule has 25 heavy (non-hydrogen) atoms. The van der Waals surface area contributed by atoms with E-state index >= 15 is 0 Å². The van der Waals surface area contributed by atoms with Crippen LogP contribution in [0.3, 0.4) is 0 Å². The lowest BCUT2D eigenvalue weighted by atomic mass is 10.1. The molecule has 0 aliphatic carbocycles. The van der Waals surface area contributed by atoms with Crippen LogP contribution in [0.2, 0.25) is 5.02 Å². The zero-order chi connectivity index (χ0) is 18.2. The third-order valence-electron chi connectivity index (χ3n) is 3.68. The van der Waals surface area contributed by atoms with Crippen molar-refractivity contribution in [3.05, 3.63) is 64.4 Å². The standard InChI is InChI=1S/C19H22ClFN2O2/c1-14-11-15(3-8-18(14)21)12-22-19(24)13-23(2)9-10-25-17-6-4-16(20)5-7-17/h3-8,11H,9-10,12-13H2,1-2H3,(H,22,24). The maximum Gasteiger partial charge on any atom is 0.234 e. The van der Waals surface area contributed by atoms with Gasteiger partial charge in [-0.2, -0.15) is 0 Å². The molecule has 134 valence electrons. The van der Waals surface area contributed by atoms with E-state index < -0.39 is 0 Å². The summed E-state index contributed by atoms with van der Waals surface area (Å²) in [6.45, 7) is 3.45. The summed E-state index contributed by atoms with van der Waals surface area (Å²) in [6, 6.07) is 12.0. The van der Waals surface area contributed by atoms with Crippen LogP contribution in [0, 0.1) is 12.7 Å². The quantitative estimate of drug-likeness (QED) is 0.780. The molecule has 1 amide bonds. The van der Waals surface area contributed by atoms with E-state index in [0.717, 1.165) is 11.3 Å². The minimum Gasteiger partial charge on any atom is -0.492 e. The fourth-order valence-electron chi connectivity index (χ4n) is 2.25. The fraction of sp³-hybridized carbons (Fsp3) is 0.316. The Morgan fingerprint density at radius 3 is 2.64 bits per heavy atom. The van der Waals surface area contributed by atoms with Gasteiger partial charge in [0.1, 0.15) is 18.2 Å². The molecular formula is C19H22ClFN2O2. The molecule has 0 aromatic heterocycles. The smallest absolute Gasteiger partial charge is 0.234 e. The first-order chi connectivity index (χ1) is 11.9. The molecule has 2 aromatic carbocycles. The number of amides is 1. The van der Waals surface area contributed by atoms with E-state index in [4.69, 9.17) is 16.3 Å². The summed E-state index contributed by atoms with van der Waals surface area (Å²) >= 11 is 5.82. The average molecular weight is 365 g/mol. The van der Waals surface area contributed by atoms with Gasteiger partial charge in [0.05, 0.1) is 6.54 Å². The Kier molecular flexibility index (Phi) is 7.22. The Balaban J connectivity index is 1.67. The first-order valence-corrected chi connectivity index (χ1v) is 8.40. The second kappa shape index (κ2) is 9.39. The fourth-order valence-corrected chi connectivity index (χ4v) is 2.37. The number of benzene rings is 2. The second-order valence-electron chi connectivity index (χ2n) is 5.90. The third kappa shape index (κ3) is 6.72. The molecule has 6 heteroatoms. The SMILES string of the molecule is Cc1cc(CNC(=O)CN(C)CCOc2ccc(Cl)cc2)ccc1F. The Morgan fingerprint density at radius 1 is 1.24 bits per heavy atom. The summed E-state index contributed by atoms with van der Waals surface area (Å²) in [7, 11) is 1.85. The molecular weight excluding hydrogens is 343 g/mol. The molecule has 0 aliphatic heterocycles. The van der Waals surface area contributed by atoms with Crippen LogP contribution in [-0.4, -0.2) is 37.6 Å². The summed E-state index contributed by atoms with van der Waals surface area (Å²) < 4.78 is 18.8. The molecule has 0 fully saturated rings. The highest BCUT2D eigenvalue weighted by molar-refractivity contribution is 6.30. The first kappa shape index (κ1) is 19.2. The molecule has 0 saturated heterocycles. The normalized spacial score (nSPS) is 10.8. The highest BCUT2D eigenvalue weighted by atomic mass is 35.5. The number of nitrogens with one attached hydrogen (secondary N) is 1. The van der Waals surface area contributed by atoms with Crippen LogP contribution in [0.15, 0.2) is 42.5 Å². The Bertz CT molecular complexity index is 707. The van der Waals surface area contributed by atoms with Gasteiger partial charge in [0.15, 0.2) is 0 Å². The molecule has 4 nitrogen and oxygen atoms in total. The van der Waals surface area contributed by atoms with Crippen molar-refractivity contribution in [1.82, 2.24) is 10.2 Å². The second-order valence-corrected chi connectivity index (χ2v) is 6.34. The summed E-state index contributed by atoms with van der Waals surface area (Å²) in [4.78, 5) is 13.8. The van der Waals surface area contributed by atoms with E-state index in [1.165, 1.54) is 6.07 Å². The van der Waals surface area contributed by atoms with Crippen molar-refractivity contribution in [1.29, 1.82) is 0 Å². The van der Waals surface area contributed by atoms with Gasteiger partial charge in [0, 0.05) is 18.1 Å². The predicted molar refractivity (Wildman–Crippen MR) is 97.4 cm³/mol. The number of nitrogens with zero attached hydrogens (tertiary/aromatic N) is 1. The van der Waals surface area contributed by atoms with Gasteiger partial charge in [-0.3, -0.25) is 9.69 Å². The lowest BCUT2D eigenvalue weighted by Gasteiger charge is -2.16. The van der Waals surface area contributed by atoms with Crippen molar-refractivity contribution in [2.24, 2.45) is 0 Å². The number of hydrogen-bond acceptors (Lipinski definition) is 3. The van der Waals surface area contributed by atoms with E-state index in [0.29, 0.717) is 30.3 Å². The van der Waals surface area contributed by atoms with Crippen molar-refractivity contribution in [2.75, 3.05) is 26.7 Å². The van der Waals surface area contributed by atoms with Crippen molar-refractivity contribution in [3.63, 3.8) is 0 Å². The molecule has 0 heterocycles. The zero-order valence-electron chi connectivity index (χ0n) is 14.4. The molecule has 0 atom stereocenters. The molecule has 0 spiro atoms. The van der Waals surface area contributed by atoms with Crippen LogP contribution >= 0.6 is 11.6 Å². The van der Waals surface area contributed by atoms with Gasteiger partial charge in [-0.05, 0) is 55.4 Å². The Labute approximate surface area is 152 Å². The summed E-state index contributed by atoms with van der Waals surface area (Å²) in [6.07, 6.45) is 0. The van der Waals surface area contributed by atoms with Gasteiger partial charge in [-0.25, -0.2) is 4.39 Å². The predicted octanol–water partition coefficient (Wildman–Crippen LogP) is 3.41. The molecule has 1 N–H and O–H groups in total. The largest absolute Gasteiger partial charge is 0.492 e. The lowest BCUT2D eigenvalue weighted by Crippen LogP contribution is -2.36. The van der Waals surface area contributed by atoms with Gasteiger partial charge < -0.3 is 10.1 Å². The molecule has 0 radical (unpaired) electrons. The lowest BCUT2D eigenvalue weighted by molar-refractivity contribution is -0.122. The number of carbonyl (C=O) groups is 1. The van der Waals surface area contributed by atoms with Crippen LogP contribution in [0.5, 0.6) is 5.75 Å².